The van der Waals surface area contributed by atoms with Gasteiger partial charge in [0.25, 0.3) is 0 Å². The maximum Gasteiger partial charge on any atom is 0.246 e. The molecule has 4 aromatic carbocycles. The predicted molar refractivity (Wildman–Crippen MR) is 146 cm³/mol. The van der Waals surface area contributed by atoms with Gasteiger partial charge in [-0.2, -0.15) is 0 Å². The topological polar surface area (TPSA) is 54.5 Å². The third-order valence-corrected chi connectivity index (χ3v) is 11.9. The maximum atomic E-state index is 14.7. The fourth-order valence-corrected chi connectivity index (χ4v) is 9.56. The van der Waals surface area contributed by atoms with E-state index in [0.717, 1.165) is 0 Å². The number of rotatable bonds is 9. The van der Waals surface area contributed by atoms with Crippen LogP contribution >= 0.6 is 14.3 Å². The second-order valence-electron chi connectivity index (χ2n) is 8.19. The summed E-state index contributed by atoms with van der Waals surface area (Å²) in [5.41, 5.74) is 0. The Balaban J connectivity index is 1.83. The van der Waals surface area contributed by atoms with E-state index < -0.39 is 20.2 Å². The summed E-state index contributed by atoms with van der Waals surface area (Å²) in [5, 5.41) is 2.56. The summed E-state index contributed by atoms with van der Waals surface area (Å²) in [6.45, 7) is 3.66. The van der Waals surface area contributed by atoms with Crippen LogP contribution in [0.15, 0.2) is 134 Å². The normalized spacial score (nSPS) is 11.5. The number of benzene rings is 4. The monoisotopic (exact) mass is 499 g/mol. The largest absolute Gasteiger partial charge is 0.323 e. The van der Waals surface area contributed by atoms with Crippen LogP contribution in [-0.2, 0) is 13.9 Å². The van der Waals surface area contributed by atoms with Crippen molar-refractivity contribution >= 4 is 41.4 Å². The highest BCUT2D eigenvalue weighted by atomic mass is 31.2. The minimum absolute atomic E-state index is 0.0878. The molecule has 6 heteroatoms. The highest BCUT2D eigenvalue weighted by Crippen LogP contribution is 2.48. The van der Waals surface area contributed by atoms with Crippen LogP contribution < -0.4 is 21.2 Å². The van der Waals surface area contributed by atoms with E-state index in [1.165, 1.54) is 11.0 Å². The van der Waals surface area contributed by atoms with E-state index in [9.17, 15) is 13.9 Å². The molecule has 4 aromatic rings. The number of hydrogen-bond donors (Lipinski definition) is 0. The van der Waals surface area contributed by atoms with Crippen LogP contribution in [0, 0.1) is 0 Å². The molecule has 0 bridgehead atoms. The van der Waals surface area contributed by atoms with Gasteiger partial charge in [-0.1, -0.05) is 128 Å². The lowest BCUT2D eigenvalue weighted by Gasteiger charge is -2.31. The number of amides is 1. The average Bonchev–Trinajstić information content (AvgIpc) is 2.94. The smallest absolute Gasteiger partial charge is 0.246 e. The Morgan fingerprint density at radius 1 is 0.571 bits per heavy atom. The van der Waals surface area contributed by atoms with Crippen LogP contribution in [0.2, 0.25) is 0 Å². The molecule has 0 aliphatic carbocycles. The zero-order valence-electron chi connectivity index (χ0n) is 19.3. The lowest BCUT2D eigenvalue weighted by molar-refractivity contribution is -0.124. The van der Waals surface area contributed by atoms with E-state index >= 15 is 0 Å². The molecule has 0 atom stereocenters. The highest BCUT2D eigenvalue weighted by Gasteiger charge is 2.36. The quantitative estimate of drug-likeness (QED) is 0.242. The van der Waals surface area contributed by atoms with Crippen LogP contribution in [0.1, 0.15) is 0 Å². The minimum Gasteiger partial charge on any atom is -0.323 e. The molecule has 0 N–H and O–H groups in total. The standard InChI is InChI=1S/C29H27NO3P2/c1-2-29(31)30(23-34(32,25-15-7-3-8-16-25)26-17-9-4-10-18-26)24-35(33,27-19-11-5-12-20-27)28-21-13-6-14-22-28/h2-22H,1,23-24H2. The Kier molecular flexibility index (Phi) is 7.66. The molecule has 0 saturated heterocycles. The van der Waals surface area contributed by atoms with E-state index in [1.54, 1.807) is 0 Å². The summed E-state index contributed by atoms with van der Waals surface area (Å²) in [4.78, 5) is 14.6. The van der Waals surface area contributed by atoms with Gasteiger partial charge in [-0.3, -0.25) is 4.79 Å². The number of carbonyl (C=O) groups excluding carboxylic acids is 1. The molecule has 176 valence electrons. The van der Waals surface area contributed by atoms with Gasteiger partial charge in [-0.05, 0) is 6.08 Å². The molecule has 35 heavy (non-hydrogen) atoms. The summed E-state index contributed by atoms with van der Waals surface area (Å²) in [7, 11) is -6.56. The first-order valence-corrected chi connectivity index (χ1v) is 15.1. The van der Waals surface area contributed by atoms with Gasteiger partial charge in [-0.15, -0.1) is 0 Å². The van der Waals surface area contributed by atoms with E-state index in [1.807, 2.05) is 121 Å². The van der Waals surface area contributed by atoms with Gasteiger partial charge in [0.05, 0.1) is 12.6 Å². The van der Waals surface area contributed by atoms with Gasteiger partial charge in [0.15, 0.2) is 14.3 Å². The first-order valence-electron chi connectivity index (χ1n) is 11.3. The Bertz CT molecular complexity index is 1190. The highest BCUT2D eigenvalue weighted by molar-refractivity contribution is 7.79. The van der Waals surface area contributed by atoms with E-state index in [-0.39, 0.29) is 12.6 Å². The van der Waals surface area contributed by atoms with Crippen molar-refractivity contribution in [3.05, 3.63) is 134 Å². The molecule has 0 spiro atoms. The Morgan fingerprint density at radius 3 is 1.06 bits per heavy atom. The summed E-state index contributed by atoms with van der Waals surface area (Å²) in [5.74, 6) is -0.413. The fraction of sp³-hybridized carbons (Fsp3) is 0.0690. The second-order valence-corrected chi connectivity index (χ2v) is 13.8. The molecule has 0 aliphatic rings. The van der Waals surface area contributed by atoms with E-state index in [2.05, 4.69) is 6.58 Å². The van der Waals surface area contributed by atoms with E-state index in [0.29, 0.717) is 21.2 Å². The van der Waals surface area contributed by atoms with Gasteiger partial charge >= 0.3 is 0 Å². The molecule has 0 unspecified atom stereocenters. The molecular weight excluding hydrogens is 472 g/mol. The van der Waals surface area contributed by atoms with Crippen molar-refractivity contribution in [2.24, 2.45) is 0 Å². The van der Waals surface area contributed by atoms with Crippen LogP contribution in [0.25, 0.3) is 0 Å². The van der Waals surface area contributed by atoms with Crippen LogP contribution in [-0.4, -0.2) is 23.4 Å². The first kappa shape index (κ1) is 24.7. The molecule has 4 nitrogen and oxygen atoms in total. The molecule has 1 amide bonds. The average molecular weight is 499 g/mol. The first-order chi connectivity index (χ1) is 17.0. The molecule has 4 rings (SSSR count). The Labute approximate surface area is 206 Å². The van der Waals surface area contributed by atoms with Crippen molar-refractivity contribution in [2.45, 2.75) is 0 Å². The summed E-state index contributed by atoms with van der Waals surface area (Å²) in [6.07, 6.45) is 1.02. The molecular formula is C29H27NO3P2. The molecule has 0 aliphatic heterocycles. The SMILES string of the molecule is C=CC(=O)N(CP(=O)(c1ccccc1)c1ccccc1)CP(=O)(c1ccccc1)c1ccccc1. The van der Waals surface area contributed by atoms with Gasteiger partial charge in [-0.25, -0.2) is 0 Å². The molecule has 0 saturated carbocycles. The van der Waals surface area contributed by atoms with Crippen molar-refractivity contribution in [2.75, 3.05) is 12.6 Å². The molecule has 0 aromatic heterocycles. The summed E-state index contributed by atoms with van der Waals surface area (Å²) < 4.78 is 29.4. The van der Waals surface area contributed by atoms with Gasteiger partial charge in [0, 0.05) is 21.2 Å². The van der Waals surface area contributed by atoms with Gasteiger partial charge < -0.3 is 14.0 Å². The maximum absolute atomic E-state index is 14.7. The lowest BCUT2D eigenvalue weighted by Crippen LogP contribution is -2.38. The van der Waals surface area contributed by atoms with E-state index in [4.69, 9.17) is 0 Å². The Hall–Kier alpha value is -3.45. The summed E-state index contributed by atoms with van der Waals surface area (Å²) >= 11 is 0. The van der Waals surface area contributed by atoms with Gasteiger partial charge in [0.2, 0.25) is 5.91 Å². The Morgan fingerprint density at radius 2 is 0.829 bits per heavy atom. The second kappa shape index (κ2) is 10.9. The van der Waals surface area contributed by atoms with Crippen LogP contribution in [0.5, 0.6) is 0 Å². The number of carbonyl (C=O) groups is 1. The predicted octanol–water partition coefficient (Wildman–Crippen LogP) is 4.94. The van der Waals surface area contributed by atoms with Crippen molar-refractivity contribution in [3.8, 4) is 0 Å². The molecule has 0 radical (unpaired) electrons. The van der Waals surface area contributed by atoms with Crippen LogP contribution in [0.3, 0.4) is 0 Å². The van der Waals surface area contributed by atoms with Crippen molar-refractivity contribution in [1.29, 1.82) is 0 Å². The number of nitrogens with zero attached hydrogens (tertiary/aromatic N) is 1. The zero-order chi connectivity index (χ0) is 24.7. The molecule has 0 heterocycles. The van der Waals surface area contributed by atoms with Crippen LogP contribution in [0.4, 0.5) is 0 Å². The zero-order valence-corrected chi connectivity index (χ0v) is 21.1. The third kappa shape index (κ3) is 5.30. The number of hydrogen-bond acceptors (Lipinski definition) is 3. The van der Waals surface area contributed by atoms with Crippen molar-refractivity contribution in [3.63, 3.8) is 0 Å². The third-order valence-electron chi connectivity index (χ3n) is 5.92. The van der Waals surface area contributed by atoms with Crippen molar-refractivity contribution in [1.82, 2.24) is 4.90 Å². The molecule has 0 fully saturated rings. The van der Waals surface area contributed by atoms with Gasteiger partial charge in [0.1, 0.15) is 0 Å². The van der Waals surface area contributed by atoms with Crippen molar-refractivity contribution < 1.29 is 13.9 Å². The minimum atomic E-state index is -3.28. The fourth-order valence-electron chi connectivity index (χ4n) is 4.09. The lowest BCUT2D eigenvalue weighted by atomic mass is 10.4. The summed E-state index contributed by atoms with van der Waals surface area (Å²) in [6, 6.07) is 36.7.